The number of carbonyl (C=O) groups excluding carboxylic acids is 1. The molecule has 0 atom stereocenters. The number of carbonyl (C=O) groups is 1. The molecule has 0 unspecified atom stereocenters. The van der Waals surface area contributed by atoms with Crippen LogP contribution < -0.4 is 14.8 Å². The number of amides is 1. The molecule has 0 aromatic heterocycles. The van der Waals surface area contributed by atoms with Crippen LogP contribution in [0.2, 0.25) is 0 Å². The maximum absolute atomic E-state index is 13.5. The Labute approximate surface area is 121 Å². The molecule has 0 aliphatic carbocycles. The van der Waals surface area contributed by atoms with Gasteiger partial charge in [-0.1, -0.05) is 18.2 Å². The normalized spacial score (nSPS) is 13.7. The zero-order valence-corrected chi connectivity index (χ0v) is 11.3. The molecular formula is C16H14FNO3. The fraction of sp³-hybridized carbons (Fsp3) is 0.188. The Morgan fingerprint density at radius 1 is 1.24 bits per heavy atom. The van der Waals surface area contributed by atoms with E-state index >= 15 is 0 Å². The summed E-state index contributed by atoms with van der Waals surface area (Å²) in [5.41, 5.74) is 0.895. The second-order valence-corrected chi connectivity index (χ2v) is 4.64. The fourth-order valence-electron chi connectivity index (χ4n) is 2.10. The van der Waals surface area contributed by atoms with Crippen LogP contribution in [-0.4, -0.2) is 19.1 Å². The molecule has 1 N–H and O–H groups in total. The van der Waals surface area contributed by atoms with Gasteiger partial charge in [-0.2, -0.15) is 0 Å². The minimum absolute atomic E-state index is 0.105. The summed E-state index contributed by atoms with van der Waals surface area (Å²) in [6.07, 6.45) is 0. The number of rotatable bonds is 3. The standard InChI is InChI=1S/C16H14FNO3/c17-14-4-2-1-3-11(14)10-21-12-5-6-15-13(9-12)16(19)18-7-8-20-15/h1-6,9H,7-8,10H2,(H,18,19). The average molecular weight is 287 g/mol. The number of benzene rings is 2. The Morgan fingerprint density at radius 3 is 2.95 bits per heavy atom. The lowest BCUT2D eigenvalue weighted by Gasteiger charge is -2.10. The van der Waals surface area contributed by atoms with Gasteiger partial charge in [0.05, 0.1) is 12.1 Å². The van der Waals surface area contributed by atoms with Gasteiger partial charge in [0.25, 0.3) is 5.91 Å². The highest BCUT2D eigenvalue weighted by Crippen LogP contribution is 2.26. The van der Waals surface area contributed by atoms with Gasteiger partial charge in [-0.25, -0.2) is 4.39 Å². The Bertz CT molecular complexity index is 672. The minimum Gasteiger partial charge on any atom is -0.491 e. The van der Waals surface area contributed by atoms with Crippen LogP contribution in [0, 0.1) is 5.82 Å². The summed E-state index contributed by atoms with van der Waals surface area (Å²) in [6, 6.07) is 11.4. The molecule has 0 saturated heterocycles. The van der Waals surface area contributed by atoms with E-state index < -0.39 is 0 Å². The predicted octanol–water partition coefficient (Wildman–Crippen LogP) is 2.53. The molecule has 0 fully saturated rings. The van der Waals surface area contributed by atoms with Gasteiger partial charge in [0.2, 0.25) is 0 Å². The van der Waals surface area contributed by atoms with Crippen molar-refractivity contribution in [2.45, 2.75) is 6.61 Å². The van der Waals surface area contributed by atoms with Crippen molar-refractivity contribution in [3.63, 3.8) is 0 Å². The molecule has 1 amide bonds. The highest BCUT2D eigenvalue weighted by Gasteiger charge is 2.17. The van der Waals surface area contributed by atoms with Gasteiger partial charge in [0.15, 0.2) is 0 Å². The van der Waals surface area contributed by atoms with Crippen LogP contribution >= 0.6 is 0 Å². The van der Waals surface area contributed by atoms with Crippen LogP contribution in [0.15, 0.2) is 42.5 Å². The van der Waals surface area contributed by atoms with Crippen molar-refractivity contribution in [3.05, 3.63) is 59.4 Å². The monoisotopic (exact) mass is 287 g/mol. The number of fused-ring (bicyclic) bond motifs is 1. The van der Waals surface area contributed by atoms with E-state index in [1.165, 1.54) is 6.07 Å². The lowest BCUT2D eigenvalue weighted by molar-refractivity contribution is 0.0956. The molecule has 1 aliphatic rings. The first-order valence-electron chi connectivity index (χ1n) is 6.65. The Kier molecular flexibility index (Phi) is 3.73. The van der Waals surface area contributed by atoms with Crippen molar-refractivity contribution in [2.75, 3.05) is 13.2 Å². The van der Waals surface area contributed by atoms with E-state index in [-0.39, 0.29) is 18.3 Å². The summed E-state index contributed by atoms with van der Waals surface area (Å²) in [5, 5.41) is 2.73. The third-order valence-electron chi connectivity index (χ3n) is 3.19. The van der Waals surface area contributed by atoms with Crippen molar-refractivity contribution in [2.24, 2.45) is 0 Å². The molecule has 0 radical (unpaired) electrons. The second kappa shape index (κ2) is 5.83. The van der Waals surface area contributed by atoms with Gasteiger partial charge in [0, 0.05) is 5.56 Å². The van der Waals surface area contributed by atoms with Crippen molar-refractivity contribution in [3.8, 4) is 11.5 Å². The van der Waals surface area contributed by atoms with E-state index in [9.17, 15) is 9.18 Å². The van der Waals surface area contributed by atoms with E-state index in [1.807, 2.05) is 0 Å². The molecule has 0 spiro atoms. The van der Waals surface area contributed by atoms with Crippen molar-refractivity contribution >= 4 is 5.91 Å². The van der Waals surface area contributed by atoms with Gasteiger partial charge in [-0.15, -0.1) is 0 Å². The fourth-order valence-corrected chi connectivity index (χ4v) is 2.10. The first-order valence-corrected chi connectivity index (χ1v) is 6.65. The van der Waals surface area contributed by atoms with E-state index in [0.717, 1.165) is 0 Å². The number of nitrogens with one attached hydrogen (secondary N) is 1. The zero-order chi connectivity index (χ0) is 14.7. The maximum atomic E-state index is 13.5. The smallest absolute Gasteiger partial charge is 0.255 e. The Hall–Kier alpha value is -2.56. The molecule has 21 heavy (non-hydrogen) atoms. The number of halogens is 1. The third-order valence-corrected chi connectivity index (χ3v) is 3.19. The van der Waals surface area contributed by atoms with Gasteiger partial charge >= 0.3 is 0 Å². The van der Waals surface area contributed by atoms with E-state index in [4.69, 9.17) is 9.47 Å². The highest BCUT2D eigenvalue weighted by molar-refractivity contribution is 5.97. The second-order valence-electron chi connectivity index (χ2n) is 4.64. The molecule has 4 nitrogen and oxygen atoms in total. The summed E-state index contributed by atoms with van der Waals surface area (Å²) in [6.45, 7) is 1.01. The third kappa shape index (κ3) is 2.97. The SMILES string of the molecule is O=C1NCCOc2ccc(OCc3ccccc3F)cc21. The van der Waals surface area contributed by atoms with E-state index in [1.54, 1.807) is 36.4 Å². The summed E-state index contributed by atoms with van der Waals surface area (Å²) in [5.74, 6) is 0.521. The molecule has 2 aromatic rings. The summed E-state index contributed by atoms with van der Waals surface area (Å²) < 4.78 is 24.5. The Morgan fingerprint density at radius 2 is 2.10 bits per heavy atom. The zero-order valence-electron chi connectivity index (χ0n) is 11.3. The molecule has 2 aromatic carbocycles. The molecule has 108 valence electrons. The van der Waals surface area contributed by atoms with Gasteiger partial charge < -0.3 is 14.8 Å². The molecule has 3 rings (SSSR count). The van der Waals surface area contributed by atoms with Crippen molar-refractivity contribution in [1.29, 1.82) is 0 Å². The van der Waals surface area contributed by atoms with E-state index in [0.29, 0.717) is 35.8 Å². The molecular weight excluding hydrogens is 273 g/mol. The molecule has 1 heterocycles. The molecule has 0 bridgehead atoms. The summed E-state index contributed by atoms with van der Waals surface area (Å²) in [7, 11) is 0. The van der Waals surface area contributed by atoms with Gasteiger partial charge in [-0.3, -0.25) is 4.79 Å². The molecule has 5 heteroatoms. The molecule has 0 saturated carbocycles. The lowest BCUT2D eigenvalue weighted by Crippen LogP contribution is -2.24. The summed E-state index contributed by atoms with van der Waals surface area (Å²) in [4.78, 5) is 11.9. The van der Waals surface area contributed by atoms with Crippen LogP contribution in [0.1, 0.15) is 15.9 Å². The topological polar surface area (TPSA) is 47.6 Å². The first kappa shape index (κ1) is 13.4. The number of hydrogen-bond donors (Lipinski definition) is 1. The Balaban J connectivity index is 1.78. The van der Waals surface area contributed by atoms with Gasteiger partial charge in [-0.05, 0) is 24.3 Å². The average Bonchev–Trinajstić information content (AvgIpc) is 2.68. The molecule has 1 aliphatic heterocycles. The predicted molar refractivity (Wildman–Crippen MR) is 75.0 cm³/mol. The number of ether oxygens (including phenoxy) is 2. The van der Waals surface area contributed by atoms with Crippen LogP contribution in [0.5, 0.6) is 11.5 Å². The lowest BCUT2D eigenvalue weighted by atomic mass is 10.1. The first-order chi connectivity index (χ1) is 10.2. The minimum atomic E-state index is -0.312. The quantitative estimate of drug-likeness (QED) is 0.943. The summed E-state index contributed by atoms with van der Waals surface area (Å²) >= 11 is 0. The van der Waals surface area contributed by atoms with Crippen LogP contribution in [0.3, 0.4) is 0 Å². The van der Waals surface area contributed by atoms with Gasteiger partial charge in [0.1, 0.15) is 30.5 Å². The maximum Gasteiger partial charge on any atom is 0.255 e. The number of hydrogen-bond acceptors (Lipinski definition) is 3. The van der Waals surface area contributed by atoms with E-state index in [2.05, 4.69) is 5.32 Å². The van der Waals surface area contributed by atoms with Crippen molar-refractivity contribution < 1.29 is 18.7 Å². The largest absolute Gasteiger partial charge is 0.491 e. The highest BCUT2D eigenvalue weighted by atomic mass is 19.1. The van der Waals surface area contributed by atoms with Crippen molar-refractivity contribution in [1.82, 2.24) is 5.32 Å². The van der Waals surface area contributed by atoms with Crippen LogP contribution in [-0.2, 0) is 6.61 Å². The van der Waals surface area contributed by atoms with Crippen LogP contribution in [0.25, 0.3) is 0 Å². The van der Waals surface area contributed by atoms with Crippen LogP contribution in [0.4, 0.5) is 4.39 Å².